The van der Waals surface area contributed by atoms with Gasteiger partial charge in [0.15, 0.2) is 0 Å². The molecule has 0 spiro atoms. The molecular formula is C16H17ClN4O3. The van der Waals surface area contributed by atoms with Gasteiger partial charge in [0.25, 0.3) is 0 Å². The largest absolute Gasteiger partial charge is 0.330 e. The number of imide groups is 1. The van der Waals surface area contributed by atoms with Crippen LogP contribution >= 0.6 is 11.6 Å². The summed E-state index contributed by atoms with van der Waals surface area (Å²) in [4.78, 5) is 42.4. The molecule has 3 unspecified atom stereocenters. The van der Waals surface area contributed by atoms with E-state index in [-0.39, 0.29) is 30.3 Å². The number of aromatic nitrogens is 1. The molecule has 4 amide bonds. The van der Waals surface area contributed by atoms with Crippen molar-refractivity contribution in [1.82, 2.24) is 20.5 Å². The number of urea groups is 1. The first kappa shape index (κ1) is 15.4. The number of halogens is 1. The molecule has 3 atom stereocenters. The van der Waals surface area contributed by atoms with Crippen molar-refractivity contribution in [2.45, 2.75) is 50.2 Å². The van der Waals surface area contributed by atoms with Gasteiger partial charge in [-0.1, -0.05) is 11.6 Å². The minimum atomic E-state index is -0.673. The molecule has 0 aliphatic carbocycles. The number of amides is 4. The molecule has 4 rings (SSSR count). The Morgan fingerprint density at radius 2 is 2.12 bits per heavy atom. The van der Waals surface area contributed by atoms with E-state index in [2.05, 4.69) is 15.6 Å². The summed E-state index contributed by atoms with van der Waals surface area (Å²) in [6, 6.07) is 0.639. The zero-order valence-electron chi connectivity index (χ0n) is 12.9. The van der Waals surface area contributed by atoms with Crippen LogP contribution in [-0.2, 0) is 16.0 Å². The summed E-state index contributed by atoms with van der Waals surface area (Å²) in [5.74, 6) is -0.483. The highest BCUT2D eigenvalue weighted by atomic mass is 35.5. The summed E-state index contributed by atoms with van der Waals surface area (Å²) >= 11 is 6.08. The summed E-state index contributed by atoms with van der Waals surface area (Å²) in [7, 11) is 0. The Morgan fingerprint density at radius 1 is 1.29 bits per heavy atom. The van der Waals surface area contributed by atoms with Crippen LogP contribution in [0.5, 0.6) is 0 Å². The Bertz CT molecular complexity index is 738. The first-order valence-electron chi connectivity index (χ1n) is 8.10. The molecule has 2 saturated heterocycles. The van der Waals surface area contributed by atoms with Gasteiger partial charge in [-0.2, -0.15) is 0 Å². The van der Waals surface area contributed by atoms with Gasteiger partial charge in [-0.3, -0.25) is 19.9 Å². The number of carbonyl (C=O) groups is 3. The minimum Gasteiger partial charge on any atom is -0.330 e. The second-order valence-corrected chi connectivity index (χ2v) is 6.94. The van der Waals surface area contributed by atoms with E-state index < -0.39 is 12.1 Å². The third kappa shape index (κ3) is 2.53. The molecule has 3 aliphatic heterocycles. The molecule has 1 aromatic rings. The third-order valence-electron chi connectivity index (χ3n) is 5.03. The van der Waals surface area contributed by atoms with Gasteiger partial charge in [0.2, 0.25) is 11.8 Å². The Morgan fingerprint density at radius 3 is 2.96 bits per heavy atom. The fourth-order valence-corrected chi connectivity index (χ4v) is 4.15. The number of nitrogens with zero attached hydrogens (tertiary/aromatic N) is 2. The molecular weight excluding hydrogens is 332 g/mol. The maximum Gasteiger partial charge on any atom is 0.322 e. The number of pyridine rings is 1. The van der Waals surface area contributed by atoms with E-state index in [4.69, 9.17) is 11.6 Å². The van der Waals surface area contributed by atoms with Gasteiger partial charge in [-0.25, -0.2) is 4.79 Å². The van der Waals surface area contributed by atoms with Gasteiger partial charge in [-0.15, -0.1) is 0 Å². The van der Waals surface area contributed by atoms with Crippen LogP contribution in [0.1, 0.15) is 43.0 Å². The van der Waals surface area contributed by atoms with Gasteiger partial charge < -0.3 is 10.2 Å². The zero-order chi connectivity index (χ0) is 16.8. The monoisotopic (exact) mass is 348 g/mol. The Labute approximate surface area is 143 Å². The van der Waals surface area contributed by atoms with Gasteiger partial charge >= 0.3 is 6.03 Å². The fraction of sp³-hybridized carbons (Fsp3) is 0.500. The van der Waals surface area contributed by atoms with Gasteiger partial charge in [-0.05, 0) is 30.9 Å². The number of hydrogen-bond donors (Lipinski definition) is 2. The quantitative estimate of drug-likeness (QED) is 0.800. The number of carbonyl (C=O) groups excluding carboxylic acids is 3. The Hall–Kier alpha value is -2.15. The van der Waals surface area contributed by atoms with E-state index in [9.17, 15) is 14.4 Å². The predicted octanol–water partition coefficient (Wildman–Crippen LogP) is 1.31. The van der Waals surface area contributed by atoms with Crippen LogP contribution in [0, 0.1) is 0 Å². The van der Waals surface area contributed by atoms with E-state index in [1.165, 1.54) is 0 Å². The maximum absolute atomic E-state index is 13.0. The van der Waals surface area contributed by atoms with Crippen molar-refractivity contribution < 1.29 is 14.4 Å². The summed E-state index contributed by atoms with van der Waals surface area (Å²) in [5.41, 5.74) is 2.00. The molecule has 4 heterocycles. The number of rotatable bonds is 1. The lowest BCUT2D eigenvalue weighted by Gasteiger charge is -2.37. The molecule has 2 N–H and O–H groups in total. The molecule has 7 nitrogen and oxygen atoms in total. The van der Waals surface area contributed by atoms with Crippen LogP contribution in [0.3, 0.4) is 0 Å². The number of nitrogens with one attached hydrogen (secondary N) is 2. The summed E-state index contributed by atoms with van der Waals surface area (Å²) in [6.45, 7) is 0. The van der Waals surface area contributed by atoms with Crippen LogP contribution in [0.25, 0.3) is 0 Å². The second-order valence-electron chi connectivity index (χ2n) is 6.50. The lowest BCUT2D eigenvalue weighted by atomic mass is 9.96. The van der Waals surface area contributed by atoms with E-state index in [0.29, 0.717) is 17.9 Å². The molecule has 126 valence electrons. The van der Waals surface area contributed by atoms with Gasteiger partial charge in [0, 0.05) is 30.8 Å². The topological polar surface area (TPSA) is 91.4 Å². The average Bonchev–Trinajstić information content (AvgIpc) is 2.76. The molecule has 24 heavy (non-hydrogen) atoms. The van der Waals surface area contributed by atoms with Gasteiger partial charge in [0.1, 0.15) is 6.04 Å². The third-order valence-corrected chi connectivity index (χ3v) is 5.24. The molecule has 0 radical (unpaired) electrons. The van der Waals surface area contributed by atoms with Gasteiger partial charge in [0.05, 0.1) is 11.1 Å². The smallest absolute Gasteiger partial charge is 0.322 e. The first-order valence-corrected chi connectivity index (χ1v) is 8.47. The standard InChI is InChI=1S/C16H17ClN4O3/c17-8-5-10-12(18-7-8)6-9-1-3-13(10)21(9)15(23)11-2-4-14(22)20-16(24)19-11/h5,7,9,11,13H,1-4,6H2,(H2,19,20,22,24). The molecule has 0 aromatic carbocycles. The van der Waals surface area contributed by atoms with Crippen LogP contribution in [0.4, 0.5) is 4.79 Å². The predicted molar refractivity (Wildman–Crippen MR) is 85.3 cm³/mol. The lowest BCUT2D eigenvalue weighted by molar-refractivity contribution is -0.137. The minimum absolute atomic E-state index is 0.0544. The molecule has 2 bridgehead atoms. The summed E-state index contributed by atoms with van der Waals surface area (Å²) in [6.07, 6.45) is 4.58. The lowest BCUT2D eigenvalue weighted by Crippen LogP contribution is -2.53. The van der Waals surface area contributed by atoms with Crippen LogP contribution in [0.2, 0.25) is 5.02 Å². The molecule has 2 fully saturated rings. The first-order chi connectivity index (χ1) is 11.5. The Kier molecular flexibility index (Phi) is 3.68. The highest BCUT2D eigenvalue weighted by molar-refractivity contribution is 6.30. The van der Waals surface area contributed by atoms with E-state index in [1.54, 1.807) is 6.20 Å². The SMILES string of the molecule is O=C1CCC(C(=O)N2C3CCC2c2cc(Cl)cnc2C3)NC(=O)N1. The maximum atomic E-state index is 13.0. The van der Waals surface area contributed by atoms with Crippen LogP contribution in [-0.4, -0.2) is 39.8 Å². The van der Waals surface area contributed by atoms with Crippen molar-refractivity contribution in [3.05, 3.63) is 28.5 Å². The van der Waals surface area contributed by atoms with E-state index >= 15 is 0 Å². The highest BCUT2D eigenvalue weighted by Gasteiger charge is 2.45. The number of hydrogen-bond acceptors (Lipinski definition) is 4. The number of fused-ring (bicyclic) bond motifs is 4. The normalized spacial score (nSPS) is 28.7. The zero-order valence-corrected chi connectivity index (χ0v) is 13.7. The van der Waals surface area contributed by atoms with Crippen LogP contribution in [0.15, 0.2) is 12.3 Å². The summed E-state index contributed by atoms with van der Waals surface area (Å²) < 4.78 is 0. The highest BCUT2D eigenvalue weighted by Crippen LogP contribution is 2.44. The van der Waals surface area contributed by atoms with E-state index in [1.807, 2.05) is 11.0 Å². The van der Waals surface area contributed by atoms with E-state index in [0.717, 1.165) is 24.1 Å². The molecule has 0 saturated carbocycles. The van der Waals surface area contributed by atoms with Crippen LogP contribution < -0.4 is 10.6 Å². The second kappa shape index (κ2) is 5.73. The summed E-state index contributed by atoms with van der Waals surface area (Å²) in [5, 5.41) is 5.37. The van der Waals surface area contributed by atoms with Crippen molar-refractivity contribution in [3.63, 3.8) is 0 Å². The fourth-order valence-electron chi connectivity index (χ4n) is 3.98. The molecule has 1 aromatic heterocycles. The van der Waals surface area contributed by atoms with Crippen molar-refractivity contribution in [2.75, 3.05) is 0 Å². The molecule has 8 heteroatoms. The van der Waals surface area contributed by atoms with Crippen molar-refractivity contribution >= 4 is 29.4 Å². The van der Waals surface area contributed by atoms with Crippen molar-refractivity contribution in [3.8, 4) is 0 Å². The molecule has 3 aliphatic rings. The van der Waals surface area contributed by atoms with Crippen molar-refractivity contribution in [1.29, 1.82) is 0 Å². The average molecular weight is 349 g/mol. The van der Waals surface area contributed by atoms with Crippen molar-refractivity contribution in [2.24, 2.45) is 0 Å². The Balaban J connectivity index is 1.61.